The molecule has 2 aliphatic rings. The molecule has 2 unspecified atom stereocenters. The van der Waals surface area contributed by atoms with Gasteiger partial charge in [-0.25, -0.2) is 0 Å². The normalized spacial score (nSPS) is 36.0. The van der Waals surface area contributed by atoms with Crippen LogP contribution in [-0.4, -0.2) is 62.0 Å². The second kappa shape index (κ2) is 5.45. The molecule has 0 saturated carbocycles. The zero-order valence-corrected chi connectivity index (χ0v) is 10.2. The highest BCUT2D eigenvalue weighted by Gasteiger charge is 2.37. The Bertz CT molecular complexity index is 217. The zero-order chi connectivity index (χ0) is 11.4. The molecule has 0 aliphatic carbocycles. The molecule has 0 radical (unpaired) electrons. The van der Waals surface area contributed by atoms with Crippen LogP contribution in [0, 0.1) is 5.41 Å². The molecule has 2 N–H and O–H groups in total. The number of likely N-dealkylation sites (tertiary alicyclic amines) is 1. The van der Waals surface area contributed by atoms with Crippen LogP contribution >= 0.6 is 0 Å². The van der Waals surface area contributed by atoms with Crippen LogP contribution in [0.5, 0.6) is 0 Å². The van der Waals surface area contributed by atoms with Crippen LogP contribution < -0.4 is 5.32 Å². The molecule has 2 atom stereocenters. The van der Waals surface area contributed by atoms with Crippen molar-refractivity contribution in [1.82, 2.24) is 10.2 Å². The van der Waals surface area contributed by atoms with Crippen molar-refractivity contribution >= 4 is 0 Å². The van der Waals surface area contributed by atoms with Gasteiger partial charge < -0.3 is 15.2 Å². The number of hydrogen-bond acceptors (Lipinski definition) is 4. The molecule has 0 bridgehead atoms. The highest BCUT2D eigenvalue weighted by molar-refractivity contribution is 4.90. The van der Waals surface area contributed by atoms with Gasteiger partial charge in [0.2, 0.25) is 0 Å². The second-order valence-electron chi connectivity index (χ2n) is 5.26. The highest BCUT2D eigenvalue weighted by atomic mass is 16.5. The van der Waals surface area contributed by atoms with E-state index in [2.05, 4.69) is 17.1 Å². The lowest BCUT2D eigenvalue weighted by Crippen LogP contribution is -2.44. The largest absolute Gasteiger partial charge is 0.392 e. The summed E-state index contributed by atoms with van der Waals surface area (Å²) in [7, 11) is 0. The Morgan fingerprint density at radius 2 is 2.44 bits per heavy atom. The molecule has 0 aromatic carbocycles. The minimum atomic E-state index is -0.112. The number of nitrogens with one attached hydrogen (secondary N) is 1. The third-order valence-electron chi connectivity index (χ3n) is 3.74. The van der Waals surface area contributed by atoms with Crippen molar-refractivity contribution < 1.29 is 9.84 Å². The monoisotopic (exact) mass is 228 g/mol. The molecule has 0 aromatic rings. The van der Waals surface area contributed by atoms with E-state index in [4.69, 9.17) is 4.74 Å². The van der Waals surface area contributed by atoms with Crippen LogP contribution in [0.2, 0.25) is 0 Å². The third-order valence-corrected chi connectivity index (χ3v) is 3.74. The van der Waals surface area contributed by atoms with Crippen molar-refractivity contribution in [2.24, 2.45) is 5.41 Å². The number of β-amino-alcohol motifs (C(OH)–C–C–N with tert-alkyl or cyclic N) is 1. The summed E-state index contributed by atoms with van der Waals surface area (Å²) in [5.41, 5.74) is 0.278. The molecule has 4 heteroatoms. The first-order valence-corrected chi connectivity index (χ1v) is 6.43. The van der Waals surface area contributed by atoms with Gasteiger partial charge in [-0.3, -0.25) is 4.90 Å². The fraction of sp³-hybridized carbons (Fsp3) is 1.00. The molecule has 0 spiro atoms. The number of aliphatic hydroxyl groups excluding tert-OH is 1. The Labute approximate surface area is 98.0 Å². The zero-order valence-electron chi connectivity index (χ0n) is 10.2. The molecule has 0 aromatic heterocycles. The van der Waals surface area contributed by atoms with Crippen LogP contribution in [0.15, 0.2) is 0 Å². The molecule has 2 aliphatic heterocycles. The summed E-state index contributed by atoms with van der Waals surface area (Å²) in [5.74, 6) is 0. The van der Waals surface area contributed by atoms with E-state index >= 15 is 0 Å². The van der Waals surface area contributed by atoms with E-state index in [9.17, 15) is 5.11 Å². The summed E-state index contributed by atoms with van der Waals surface area (Å²) in [6.45, 7) is 8.90. The average Bonchev–Trinajstić information content (AvgIpc) is 2.87. The van der Waals surface area contributed by atoms with Crippen LogP contribution in [0.1, 0.15) is 19.8 Å². The quantitative estimate of drug-likeness (QED) is 0.699. The lowest BCUT2D eigenvalue weighted by molar-refractivity contribution is 0.109. The first-order chi connectivity index (χ1) is 7.74. The van der Waals surface area contributed by atoms with Gasteiger partial charge in [-0.15, -0.1) is 0 Å². The van der Waals surface area contributed by atoms with E-state index in [1.807, 2.05) is 0 Å². The molecular weight excluding hydrogens is 204 g/mol. The predicted molar refractivity (Wildman–Crippen MR) is 63.5 cm³/mol. The van der Waals surface area contributed by atoms with Gasteiger partial charge in [0, 0.05) is 38.2 Å². The molecule has 94 valence electrons. The van der Waals surface area contributed by atoms with Crippen molar-refractivity contribution in [1.29, 1.82) is 0 Å². The van der Waals surface area contributed by atoms with Gasteiger partial charge in [-0.05, 0) is 19.4 Å². The summed E-state index contributed by atoms with van der Waals surface area (Å²) >= 11 is 0. The van der Waals surface area contributed by atoms with Crippen molar-refractivity contribution in [2.45, 2.75) is 25.9 Å². The second-order valence-corrected chi connectivity index (χ2v) is 5.26. The molecule has 4 nitrogen and oxygen atoms in total. The van der Waals surface area contributed by atoms with E-state index in [-0.39, 0.29) is 11.5 Å². The summed E-state index contributed by atoms with van der Waals surface area (Å²) in [6.07, 6.45) is 1.96. The van der Waals surface area contributed by atoms with Crippen molar-refractivity contribution in [3.63, 3.8) is 0 Å². The Kier molecular flexibility index (Phi) is 4.19. The van der Waals surface area contributed by atoms with Gasteiger partial charge in [0.25, 0.3) is 0 Å². The van der Waals surface area contributed by atoms with Gasteiger partial charge in [0.1, 0.15) is 0 Å². The van der Waals surface area contributed by atoms with Gasteiger partial charge in [0.05, 0.1) is 12.7 Å². The molecule has 2 rings (SSSR count). The molecular formula is C12H24N2O2. The van der Waals surface area contributed by atoms with E-state index in [1.54, 1.807) is 0 Å². The molecule has 2 heterocycles. The van der Waals surface area contributed by atoms with Crippen LogP contribution in [0.25, 0.3) is 0 Å². The summed E-state index contributed by atoms with van der Waals surface area (Å²) in [6, 6.07) is 0. The molecule has 2 fully saturated rings. The van der Waals surface area contributed by atoms with E-state index < -0.39 is 0 Å². The Hall–Kier alpha value is -0.160. The van der Waals surface area contributed by atoms with Gasteiger partial charge >= 0.3 is 0 Å². The van der Waals surface area contributed by atoms with Crippen molar-refractivity contribution in [2.75, 3.05) is 45.9 Å². The number of rotatable bonds is 5. The van der Waals surface area contributed by atoms with Crippen LogP contribution in [0.4, 0.5) is 0 Å². The van der Waals surface area contributed by atoms with Crippen LogP contribution in [0.3, 0.4) is 0 Å². The number of hydrogen-bond donors (Lipinski definition) is 2. The molecule has 2 saturated heterocycles. The lowest BCUT2D eigenvalue weighted by Gasteiger charge is -2.32. The minimum Gasteiger partial charge on any atom is -0.392 e. The smallest absolute Gasteiger partial charge is 0.0679 e. The topological polar surface area (TPSA) is 44.7 Å². The summed E-state index contributed by atoms with van der Waals surface area (Å²) in [5, 5.41) is 13.0. The van der Waals surface area contributed by atoms with Crippen molar-refractivity contribution in [3.05, 3.63) is 0 Å². The van der Waals surface area contributed by atoms with Gasteiger partial charge in [-0.1, -0.05) is 6.92 Å². The SMILES string of the molecule is CCNCC1(CN2CCC(O)C2)CCOC1. The third kappa shape index (κ3) is 2.94. The lowest BCUT2D eigenvalue weighted by atomic mass is 9.86. The van der Waals surface area contributed by atoms with E-state index in [0.717, 1.165) is 58.8 Å². The first kappa shape index (κ1) is 12.3. The highest BCUT2D eigenvalue weighted by Crippen LogP contribution is 2.30. The predicted octanol–water partition coefficient (Wildman–Crippen LogP) is 0.0692. The fourth-order valence-corrected chi connectivity index (χ4v) is 2.79. The first-order valence-electron chi connectivity index (χ1n) is 6.43. The van der Waals surface area contributed by atoms with E-state index in [0.29, 0.717) is 0 Å². The Balaban J connectivity index is 1.86. The fourth-order valence-electron chi connectivity index (χ4n) is 2.79. The van der Waals surface area contributed by atoms with Gasteiger partial charge in [-0.2, -0.15) is 0 Å². The number of nitrogens with zero attached hydrogens (tertiary/aromatic N) is 1. The average molecular weight is 228 g/mol. The maximum absolute atomic E-state index is 9.54. The van der Waals surface area contributed by atoms with Gasteiger partial charge in [0.15, 0.2) is 0 Å². The van der Waals surface area contributed by atoms with E-state index in [1.165, 1.54) is 0 Å². The Morgan fingerprint density at radius 3 is 3.00 bits per heavy atom. The van der Waals surface area contributed by atoms with Crippen LogP contribution in [-0.2, 0) is 4.74 Å². The maximum Gasteiger partial charge on any atom is 0.0679 e. The number of ether oxygens (including phenoxy) is 1. The summed E-state index contributed by atoms with van der Waals surface area (Å²) < 4.78 is 5.57. The molecule has 0 amide bonds. The minimum absolute atomic E-state index is 0.112. The van der Waals surface area contributed by atoms with Crippen molar-refractivity contribution in [3.8, 4) is 0 Å². The molecule has 16 heavy (non-hydrogen) atoms. The number of aliphatic hydroxyl groups is 1. The Morgan fingerprint density at radius 1 is 1.56 bits per heavy atom. The standard InChI is InChI=1S/C12H24N2O2/c1-2-13-8-12(4-6-16-10-12)9-14-5-3-11(15)7-14/h11,13,15H,2-10H2,1H3. The summed E-state index contributed by atoms with van der Waals surface area (Å²) in [4.78, 5) is 2.39. The maximum atomic E-state index is 9.54.